The number of carbonyl (C=O) groups excluding carboxylic acids is 2. The smallest absolute Gasteiger partial charge is 0.190 e. The fourth-order valence-electron chi connectivity index (χ4n) is 1.60. The predicted octanol–water partition coefficient (Wildman–Crippen LogP) is 2.15. The molecular formula is C13H10F2N2O2. The van der Waals surface area contributed by atoms with Crippen LogP contribution in [0.4, 0.5) is 8.78 Å². The van der Waals surface area contributed by atoms with Gasteiger partial charge >= 0.3 is 0 Å². The molecule has 0 amide bonds. The predicted molar refractivity (Wildman–Crippen MR) is 62.8 cm³/mol. The van der Waals surface area contributed by atoms with E-state index in [-0.39, 0.29) is 5.69 Å². The SMILES string of the molecule is Cn1cnc(C(=O)CC(=O)c2cc(F)ccc2F)c1. The molecule has 0 radical (unpaired) electrons. The molecular weight excluding hydrogens is 254 g/mol. The van der Waals surface area contributed by atoms with Gasteiger partial charge in [-0.05, 0) is 18.2 Å². The highest BCUT2D eigenvalue weighted by atomic mass is 19.1. The number of nitrogens with zero attached hydrogens (tertiary/aromatic N) is 2. The minimum absolute atomic E-state index is 0.118. The van der Waals surface area contributed by atoms with Crippen LogP contribution in [0.15, 0.2) is 30.7 Å². The fourth-order valence-corrected chi connectivity index (χ4v) is 1.60. The van der Waals surface area contributed by atoms with Crippen LogP contribution in [-0.2, 0) is 7.05 Å². The summed E-state index contributed by atoms with van der Waals surface area (Å²) in [6.45, 7) is 0. The van der Waals surface area contributed by atoms with E-state index in [1.165, 1.54) is 12.5 Å². The lowest BCUT2D eigenvalue weighted by Crippen LogP contribution is -2.11. The van der Waals surface area contributed by atoms with Gasteiger partial charge in [0.25, 0.3) is 0 Å². The number of carbonyl (C=O) groups is 2. The second kappa shape index (κ2) is 5.09. The van der Waals surface area contributed by atoms with Crippen LogP contribution in [0.25, 0.3) is 0 Å². The first-order valence-corrected chi connectivity index (χ1v) is 5.47. The van der Waals surface area contributed by atoms with Crippen LogP contribution in [0, 0.1) is 11.6 Å². The van der Waals surface area contributed by atoms with E-state index in [1.807, 2.05) is 0 Å². The Morgan fingerprint density at radius 2 is 2.00 bits per heavy atom. The number of Topliss-reactive ketones (excluding diaryl/α,β-unsaturated/α-hetero) is 2. The van der Waals surface area contributed by atoms with E-state index in [4.69, 9.17) is 0 Å². The number of aryl methyl sites for hydroxylation is 1. The van der Waals surface area contributed by atoms with Crippen LogP contribution in [0.1, 0.15) is 27.3 Å². The molecule has 0 aliphatic heterocycles. The first-order chi connectivity index (χ1) is 8.97. The van der Waals surface area contributed by atoms with Gasteiger partial charge in [-0.2, -0.15) is 0 Å². The average molecular weight is 264 g/mol. The van der Waals surface area contributed by atoms with Gasteiger partial charge in [-0.25, -0.2) is 13.8 Å². The summed E-state index contributed by atoms with van der Waals surface area (Å²) in [5.74, 6) is -2.88. The van der Waals surface area contributed by atoms with Crippen molar-refractivity contribution >= 4 is 11.6 Å². The van der Waals surface area contributed by atoms with Gasteiger partial charge in [-0.15, -0.1) is 0 Å². The van der Waals surface area contributed by atoms with E-state index in [0.717, 1.165) is 18.2 Å². The van der Waals surface area contributed by atoms with E-state index in [0.29, 0.717) is 0 Å². The van der Waals surface area contributed by atoms with Crippen molar-refractivity contribution in [2.45, 2.75) is 6.42 Å². The molecule has 6 heteroatoms. The topological polar surface area (TPSA) is 52.0 Å². The average Bonchev–Trinajstić information content (AvgIpc) is 2.79. The van der Waals surface area contributed by atoms with Gasteiger partial charge in [0.05, 0.1) is 18.3 Å². The van der Waals surface area contributed by atoms with Crippen molar-refractivity contribution in [3.63, 3.8) is 0 Å². The molecule has 0 atom stereocenters. The molecule has 19 heavy (non-hydrogen) atoms. The monoisotopic (exact) mass is 264 g/mol. The van der Waals surface area contributed by atoms with Gasteiger partial charge in [-0.1, -0.05) is 0 Å². The summed E-state index contributed by atoms with van der Waals surface area (Å²) < 4.78 is 27.9. The lowest BCUT2D eigenvalue weighted by molar-refractivity contribution is 0.0889. The van der Waals surface area contributed by atoms with Crippen LogP contribution in [0.5, 0.6) is 0 Å². The summed E-state index contributed by atoms with van der Waals surface area (Å²) in [5, 5.41) is 0. The Morgan fingerprint density at radius 3 is 2.63 bits per heavy atom. The molecule has 0 spiro atoms. The Balaban J connectivity index is 2.17. The highest BCUT2D eigenvalue weighted by Crippen LogP contribution is 2.13. The second-order valence-corrected chi connectivity index (χ2v) is 4.07. The molecule has 4 nitrogen and oxygen atoms in total. The first kappa shape index (κ1) is 13.1. The molecule has 0 N–H and O–H groups in total. The van der Waals surface area contributed by atoms with Gasteiger partial charge < -0.3 is 4.57 Å². The number of hydrogen-bond acceptors (Lipinski definition) is 3. The molecule has 2 aromatic rings. The summed E-state index contributed by atoms with van der Waals surface area (Å²) in [6, 6.07) is 2.55. The Bertz CT molecular complexity index is 650. The van der Waals surface area contributed by atoms with E-state index in [9.17, 15) is 18.4 Å². The standard InChI is InChI=1S/C13H10F2N2O2/c1-17-6-11(16-7-17)13(19)5-12(18)9-4-8(14)2-3-10(9)15/h2-4,6-7H,5H2,1H3. The summed E-state index contributed by atoms with van der Waals surface area (Å²) >= 11 is 0. The Kier molecular flexibility index (Phi) is 3.50. The van der Waals surface area contributed by atoms with Gasteiger partial charge in [0.2, 0.25) is 0 Å². The van der Waals surface area contributed by atoms with Gasteiger partial charge in [0.15, 0.2) is 11.6 Å². The molecule has 0 unspecified atom stereocenters. The maximum absolute atomic E-state index is 13.4. The zero-order valence-corrected chi connectivity index (χ0v) is 10.1. The highest BCUT2D eigenvalue weighted by Gasteiger charge is 2.18. The number of benzene rings is 1. The Morgan fingerprint density at radius 1 is 1.26 bits per heavy atom. The van der Waals surface area contributed by atoms with Crippen LogP contribution in [0.3, 0.4) is 0 Å². The summed E-state index contributed by atoms with van der Waals surface area (Å²) in [7, 11) is 1.68. The molecule has 0 aliphatic rings. The van der Waals surface area contributed by atoms with Crippen molar-refractivity contribution < 1.29 is 18.4 Å². The Hall–Kier alpha value is -2.37. The molecule has 1 aromatic carbocycles. The molecule has 0 saturated heterocycles. The molecule has 1 aromatic heterocycles. The van der Waals surface area contributed by atoms with Gasteiger partial charge in [-0.3, -0.25) is 9.59 Å². The molecule has 0 fully saturated rings. The van der Waals surface area contributed by atoms with E-state index in [2.05, 4.69) is 4.98 Å². The zero-order chi connectivity index (χ0) is 14.0. The third-order valence-electron chi connectivity index (χ3n) is 2.54. The molecule has 0 saturated carbocycles. The van der Waals surface area contributed by atoms with Crippen molar-refractivity contribution in [2.75, 3.05) is 0 Å². The molecule has 0 bridgehead atoms. The number of aromatic nitrogens is 2. The number of imidazole rings is 1. The highest BCUT2D eigenvalue weighted by molar-refractivity contribution is 6.12. The summed E-state index contributed by atoms with van der Waals surface area (Å²) in [4.78, 5) is 27.3. The van der Waals surface area contributed by atoms with E-state index < -0.39 is 35.2 Å². The lowest BCUT2D eigenvalue weighted by atomic mass is 10.0. The van der Waals surface area contributed by atoms with Crippen molar-refractivity contribution in [3.8, 4) is 0 Å². The zero-order valence-electron chi connectivity index (χ0n) is 10.1. The van der Waals surface area contributed by atoms with Crippen LogP contribution >= 0.6 is 0 Å². The van der Waals surface area contributed by atoms with Crippen molar-refractivity contribution in [1.29, 1.82) is 0 Å². The molecule has 0 aliphatic carbocycles. The fraction of sp³-hybridized carbons (Fsp3) is 0.154. The maximum atomic E-state index is 13.4. The Labute approximate surface area is 107 Å². The minimum Gasteiger partial charge on any atom is -0.340 e. The van der Waals surface area contributed by atoms with Gasteiger partial charge in [0.1, 0.15) is 17.3 Å². The van der Waals surface area contributed by atoms with Crippen molar-refractivity contribution in [1.82, 2.24) is 9.55 Å². The number of halogens is 2. The van der Waals surface area contributed by atoms with Crippen LogP contribution in [0.2, 0.25) is 0 Å². The largest absolute Gasteiger partial charge is 0.340 e. The quantitative estimate of drug-likeness (QED) is 0.628. The summed E-state index contributed by atoms with van der Waals surface area (Å²) in [5.41, 5.74) is -0.308. The second-order valence-electron chi connectivity index (χ2n) is 4.07. The first-order valence-electron chi connectivity index (χ1n) is 5.47. The van der Waals surface area contributed by atoms with Crippen LogP contribution < -0.4 is 0 Å². The number of hydrogen-bond donors (Lipinski definition) is 0. The molecule has 1 heterocycles. The summed E-state index contributed by atoms with van der Waals surface area (Å²) in [6.07, 6.45) is 2.33. The minimum atomic E-state index is -0.847. The normalized spacial score (nSPS) is 10.5. The van der Waals surface area contributed by atoms with E-state index in [1.54, 1.807) is 11.6 Å². The van der Waals surface area contributed by atoms with Gasteiger partial charge in [0, 0.05) is 13.2 Å². The van der Waals surface area contributed by atoms with Crippen molar-refractivity contribution in [2.24, 2.45) is 7.05 Å². The van der Waals surface area contributed by atoms with Crippen LogP contribution in [-0.4, -0.2) is 21.1 Å². The number of rotatable bonds is 4. The molecule has 2 rings (SSSR count). The van der Waals surface area contributed by atoms with E-state index >= 15 is 0 Å². The lowest BCUT2D eigenvalue weighted by Gasteiger charge is -2.01. The molecule has 98 valence electrons. The maximum Gasteiger partial charge on any atom is 0.190 e. The number of ketones is 2. The third-order valence-corrected chi connectivity index (χ3v) is 2.54. The third kappa shape index (κ3) is 2.90. The van der Waals surface area contributed by atoms with Crippen molar-refractivity contribution in [3.05, 3.63) is 53.6 Å².